The van der Waals surface area contributed by atoms with Gasteiger partial charge in [0.25, 0.3) is 5.91 Å². The molecule has 0 aliphatic carbocycles. The maximum absolute atomic E-state index is 13.0. The number of amides is 1. The van der Waals surface area contributed by atoms with Crippen molar-refractivity contribution in [2.75, 3.05) is 28.1 Å². The van der Waals surface area contributed by atoms with Gasteiger partial charge in [0.15, 0.2) is 17.2 Å². The number of hydrogen-bond acceptors (Lipinski definition) is 8. The fourth-order valence-electron chi connectivity index (χ4n) is 3.97. The highest BCUT2D eigenvalue weighted by Gasteiger charge is 2.26. The number of aliphatic carboxylic acids is 1. The highest BCUT2D eigenvalue weighted by atomic mass is 16.7. The zero-order valence-electron chi connectivity index (χ0n) is 20.5. The Hall–Kier alpha value is -4.73. The molecule has 0 spiro atoms. The third-order valence-corrected chi connectivity index (χ3v) is 5.76. The molecule has 1 aliphatic rings. The molecule has 0 aromatic heterocycles. The number of nitrogens with one attached hydrogen (secondary N) is 1. The zero-order valence-corrected chi connectivity index (χ0v) is 20.5. The molecule has 0 saturated heterocycles. The smallest absolute Gasteiger partial charge is 0.326 e. The van der Waals surface area contributed by atoms with Crippen molar-refractivity contribution < 1.29 is 38.5 Å². The van der Waals surface area contributed by atoms with Gasteiger partial charge in [-0.05, 0) is 41.5 Å². The third-order valence-electron chi connectivity index (χ3n) is 5.76. The maximum atomic E-state index is 13.0. The molecule has 0 fully saturated rings. The van der Waals surface area contributed by atoms with Crippen LogP contribution in [-0.4, -0.2) is 56.9 Å². The molecule has 0 unspecified atom stereocenters. The third kappa shape index (κ3) is 5.58. The van der Waals surface area contributed by atoms with Gasteiger partial charge in [-0.2, -0.15) is 0 Å². The summed E-state index contributed by atoms with van der Waals surface area (Å²) >= 11 is 0. The van der Waals surface area contributed by atoms with Gasteiger partial charge in [0.05, 0.1) is 19.8 Å². The number of carboxylic acids is 1. The monoisotopic (exact) mass is 506 g/mol. The molecule has 0 bridgehead atoms. The van der Waals surface area contributed by atoms with Crippen LogP contribution < -0.4 is 24.3 Å². The van der Waals surface area contributed by atoms with E-state index >= 15 is 0 Å². The van der Waals surface area contributed by atoms with Crippen molar-refractivity contribution in [2.24, 2.45) is 5.16 Å². The summed E-state index contributed by atoms with van der Waals surface area (Å²) in [6.07, 6.45) is 0.0474. The Kier molecular flexibility index (Phi) is 7.77. The Morgan fingerprint density at radius 3 is 2.27 bits per heavy atom. The van der Waals surface area contributed by atoms with Crippen molar-refractivity contribution in [1.82, 2.24) is 5.32 Å². The second-order valence-electron chi connectivity index (χ2n) is 7.99. The Bertz CT molecular complexity index is 1300. The van der Waals surface area contributed by atoms with Gasteiger partial charge in [-0.3, -0.25) is 4.79 Å². The fraction of sp³-hybridized carbons (Fsp3) is 0.222. The van der Waals surface area contributed by atoms with E-state index in [4.69, 9.17) is 23.8 Å². The van der Waals surface area contributed by atoms with Crippen molar-refractivity contribution in [1.29, 1.82) is 0 Å². The molecular formula is C27H26N2O8. The minimum atomic E-state index is -1.21. The predicted octanol–water partition coefficient (Wildman–Crippen LogP) is 3.26. The van der Waals surface area contributed by atoms with Gasteiger partial charge in [0.2, 0.25) is 6.79 Å². The number of ether oxygens (including phenoxy) is 4. The predicted molar refractivity (Wildman–Crippen MR) is 134 cm³/mol. The standard InChI is InChI=1S/C27H26N2O8/c1-33-21-5-4-6-22(34-2)24(21)17-9-7-16(8-10-17)13-19(27(31)32)28-26(30)25(29-35-3)18-11-12-20-23(14-18)37-15-36-20/h4-12,14,19H,13,15H2,1-3H3,(H,28,30)(H,31,32)/b29-25-/t19-/m0/s1. The van der Waals surface area contributed by atoms with Crippen LogP contribution in [0, 0.1) is 0 Å². The average Bonchev–Trinajstić information content (AvgIpc) is 3.39. The van der Waals surface area contributed by atoms with Gasteiger partial charge < -0.3 is 34.2 Å². The molecule has 1 aliphatic heterocycles. The van der Waals surface area contributed by atoms with Gasteiger partial charge in [-0.15, -0.1) is 0 Å². The molecule has 2 N–H and O–H groups in total. The van der Waals surface area contributed by atoms with E-state index in [0.717, 1.165) is 11.1 Å². The van der Waals surface area contributed by atoms with Crippen molar-refractivity contribution in [2.45, 2.75) is 12.5 Å². The van der Waals surface area contributed by atoms with E-state index in [1.807, 2.05) is 30.3 Å². The molecule has 4 rings (SSSR count). The van der Waals surface area contributed by atoms with Crippen molar-refractivity contribution in [3.63, 3.8) is 0 Å². The second kappa shape index (κ2) is 11.3. The van der Waals surface area contributed by atoms with Crippen LogP contribution >= 0.6 is 0 Å². The molecule has 10 nitrogen and oxygen atoms in total. The van der Waals surface area contributed by atoms with E-state index < -0.39 is 17.9 Å². The minimum absolute atomic E-state index is 0.0474. The van der Waals surface area contributed by atoms with Crippen LogP contribution in [0.4, 0.5) is 0 Å². The summed E-state index contributed by atoms with van der Waals surface area (Å²) in [5, 5.41) is 16.2. The topological polar surface area (TPSA) is 125 Å². The lowest BCUT2D eigenvalue weighted by molar-refractivity contribution is -0.141. The number of methoxy groups -OCH3 is 2. The number of carbonyl (C=O) groups excluding carboxylic acids is 1. The lowest BCUT2D eigenvalue weighted by atomic mass is 9.99. The van der Waals surface area contributed by atoms with Crippen LogP contribution in [0.3, 0.4) is 0 Å². The van der Waals surface area contributed by atoms with E-state index in [-0.39, 0.29) is 18.9 Å². The molecule has 1 heterocycles. The Morgan fingerprint density at radius 2 is 1.65 bits per heavy atom. The van der Waals surface area contributed by atoms with E-state index in [9.17, 15) is 14.7 Å². The first-order valence-electron chi connectivity index (χ1n) is 11.3. The van der Waals surface area contributed by atoms with E-state index in [1.54, 1.807) is 44.6 Å². The highest BCUT2D eigenvalue weighted by molar-refractivity contribution is 6.45. The summed E-state index contributed by atoms with van der Waals surface area (Å²) in [6.45, 7) is 0.0749. The van der Waals surface area contributed by atoms with Gasteiger partial charge in [0.1, 0.15) is 24.7 Å². The Morgan fingerprint density at radius 1 is 0.973 bits per heavy atom. The van der Waals surface area contributed by atoms with E-state index in [2.05, 4.69) is 10.5 Å². The van der Waals surface area contributed by atoms with E-state index in [1.165, 1.54) is 7.11 Å². The number of benzene rings is 3. The molecule has 0 saturated carbocycles. The molecule has 1 atom stereocenters. The van der Waals surface area contributed by atoms with Crippen LogP contribution in [0.15, 0.2) is 65.8 Å². The molecule has 192 valence electrons. The molecule has 1 amide bonds. The zero-order chi connectivity index (χ0) is 26.4. The molecule has 37 heavy (non-hydrogen) atoms. The van der Waals surface area contributed by atoms with E-state index in [0.29, 0.717) is 34.1 Å². The first-order chi connectivity index (χ1) is 17.9. The minimum Gasteiger partial charge on any atom is -0.496 e. The molecule has 0 radical (unpaired) electrons. The van der Waals surface area contributed by atoms with Crippen molar-refractivity contribution >= 4 is 17.6 Å². The summed E-state index contributed by atoms with van der Waals surface area (Å²) in [6, 6.07) is 16.4. The summed E-state index contributed by atoms with van der Waals surface area (Å²) < 4.78 is 21.6. The van der Waals surface area contributed by atoms with Gasteiger partial charge in [0, 0.05) is 12.0 Å². The van der Waals surface area contributed by atoms with Crippen LogP contribution in [0.1, 0.15) is 11.1 Å². The summed E-state index contributed by atoms with van der Waals surface area (Å²) in [4.78, 5) is 29.9. The van der Waals surface area contributed by atoms with Crippen LogP contribution in [0.25, 0.3) is 11.1 Å². The van der Waals surface area contributed by atoms with Crippen molar-refractivity contribution in [3.05, 3.63) is 71.8 Å². The number of carboxylic acid groups (broad SMARTS) is 1. The highest BCUT2D eigenvalue weighted by Crippen LogP contribution is 2.38. The first-order valence-corrected chi connectivity index (χ1v) is 11.3. The number of rotatable bonds is 10. The fourth-order valence-corrected chi connectivity index (χ4v) is 3.97. The normalized spacial score (nSPS) is 13.0. The molecule has 10 heteroatoms. The summed E-state index contributed by atoms with van der Waals surface area (Å²) in [5.41, 5.74) is 2.63. The number of fused-ring (bicyclic) bond motifs is 1. The van der Waals surface area contributed by atoms with Gasteiger partial charge in [-0.25, -0.2) is 4.79 Å². The van der Waals surface area contributed by atoms with Crippen LogP contribution in [-0.2, 0) is 20.8 Å². The molecule has 3 aromatic carbocycles. The number of nitrogens with zero attached hydrogens (tertiary/aromatic N) is 1. The quantitative estimate of drug-likeness (QED) is 0.317. The van der Waals surface area contributed by atoms with Crippen LogP contribution in [0.5, 0.6) is 23.0 Å². The Labute approximate surface area is 213 Å². The van der Waals surface area contributed by atoms with Gasteiger partial charge >= 0.3 is 5.97 Å². The average molecular weight is 507 g/mol. The SMILES string of the molecule is CO/N=C(\C(=O)N[C@@H](Cc1ccc(-c2c(OC)cccc2OC)cc1)C(=O)O)c1ccc2c(c1)OCO2. The largest absolute Gasteiger partial charge is 0.496 e. The molecule has 3 aromatic rings. The summed E-state index contributed by atoms with van der Waals surface area (Å²) in [5.74, 6) is 0.399. The number of carbonyl (C=O) groups is 2. The second-order valence-corrected chi connectivity index (χ2v) is 7.99. The number of hydrogen-bond donors (Lipinski definition) is 2. The van der Waals surface area contributed by atoms with Crippen LogP contribution in [0.2, 0.25) is 0 Å². The lowest BCUT2D eigenvalue weighted by Crippen LogP contribution is -2.45. The van der Waals surface area contributed by atoms with Gasteiger partial charge in [-0.1, -0.05) is 35.5 Å². The number of oxime groups is 1. The molecular weight excluding hydrogens is 480 g/mol. The summed E-state index contributed by atoms with van der Waals surface area (Å²) in [7, 11) is 4.46. The maximum Gasteiger partial charge on any atom is 0.326 e. The van der Waals surface area contributed by atoms with Crippen molar-refractivity contribution in [3.8, 4) is 34.1 Å². The lowest BCUT2D eigenvalue weighted by Gasteiger charge is -2.17. The Balaban J connectivity index is 1.52. The first kappa shape index (κ1) is 25.4.